The van der Waals surface area contributed by atoms with E-state index in [4.69, 9.17) is 4.74 Å². The Morgan fingerprint density at radius 2 is 2.12 bits per heavy atom. The van der Waals surface area contributed by atoms with E-state index in [1.807, 2.05) is 42.5 Å². The van der Waals surface area contributed by atoms with Gasteiger partial charge in [-0.15, -0.1) is 0 Å². The van der Waals surface area contributed by atoms with Gasteiger partial charge in [-0.05, 0) is 23.8 Å². The average Bonchev–Trinajstić information content (AvgIpc) is 3.18. The van der Waals surface area contributed by atoms with Gasteiger partial charge in [-0.2, -0.15) is 5.10 Å². The van der Waals surface area contributed by atoms with Crippen LogP contribution in [0.3, 0.4) is 0 Å². The number of thioether (sulfide) groups is 1. The number of carbonyl (C=O) groups excluding carboxylic acids is 1. The molecule has 0 spiro atoms. The average molecular weight is 354 g/mol. The molecule has 0 saturated heterocycles. The molecule has 1 aromatic heterocycles. The number of carbonyl (C=O) groups is 1. The van der Waals surface area contributed by atoms with Crippen LogP contribution in [0, 0.1) is 0 Å². The molecule has 0 aliphatic rings. The molecular formula is C18H18N4O2S. The number of para-hydroxylation sites is 1. The molecule has 0 radical (unpaired) electrons. The number of hydrogen-bond acceptors (Lipinski definition) is 5. The molecule has 0 unspecified atom stereocenters. The Morgan fingerprint density at radius 3 is 2.92 bits per heavy atom. The third kappa shape index (κ3) is 4.60. The van der Waals surface area contributed by atoms with Crippen LogP contribution in [0.5, 0.6) is 5.75 Å². The number of hydrogen-bond donors (Lipinski definition) is 2. The van der Waals surface area contributed by atoms with E-state index in [9.17, 15) is 4.79 Å². The van der Waals surface area contributed by atoms with Crippen molar-refractivity contribution < 1.29 is 9.53 Å². The first-order valence-electron chi connectivity index (χ1n) is 7.73. The van der Waals surface area contributed by atoms with Crippen molar-refractivity contribution in [3.8, 4) is 5.75 Å². The van der Waals surface area contributed by atoms with Gasteiger partial charge in [0, 0.05) is 23.4 Å². The largest absolute Gasteiger partial charge is 0.496 e. The maximum atomic E-state index is 12.4. The van der Waals surface area contributed by atoms with Crippen LogP contribution in [-0.2, 0) is 12.3 Å². The predicted molar refractivity (Wildman–Crippen MR) is 96.5 cm³/mol. The van der Waals surface area contributed by atoms with Crippen molar-refractivity contribution in [3.63, 3.8) is 0 Å². The highest BCUT2D eigenvalue weighted by Crippen LogP contribution is 2.19. The predicted octanol–water partition coefficient (Wildman–Crippen LogP) is 3.04. The molecule has 0 fully saturated rings. The zero-order valence-electron chi connectivity index (χ0n) is 13.7. The number of methoxy groups -OCH3 is 1. The third-order valence-electron chi connectivity index (χ3n) is 3.59. The second-order valence-electron chi connectivity index (χ2n) is 5.27. The van der Waals surface area contributed by atoms with Crippen molar-refractivity contribution in [2.75, 3.05) is 7.11 Å². The molecule has 3 rings (SSSR count). The molecule has 0 saturated carbocycles. The number of aromatic nitrogens is 3. The van der Waals surface area contributed by atoms with E-state index < -0.39 is 0 Å². The lowest BCUT2D eigenvalue weighted by atomic mass is 10.1. The number of nitrogens with zero attached hydrogens (tertiary/aromatic N) is 2. The number of nitrogens with one attached hydrogen (secondary N) is 2. The van der Waals surface area contributed by atoms with Gasteiger partial charge in [-0.25, -0.2) is 4.98 Å². The maximum absolute atomic E-state index is 12.4. The number of aromatic amines is 1. The monoisotopic (exact) mass is 354 g/mol. The number of amides is 1. The molecule has 0 bridgehead atoms. The van der Waals surface area contributed by atoms with E-state index in [-0.39, 0.29) is 5.91 Å². The van der Waals surface area contributed by atoms with Crippen molar-refractivity contribution >= 4 is 17.7 Å². The Balaban J connectivity index is 1.61. The highest BCUT2D eigenvalue weighted by atomic mass is 32.2. The Bertz CT molecular complexity index is 837. The van der Waals surface area contributed by atoms with Gasteiger partial charge in [0.25, 0.3) is 5.91 Å². The van der Waals surface area contributed by atoms with E-state index in [1.165, 1.54) is 18.1 Å². The smallest absolute Gasteiger partial charge is 0.251 e. The molecule has 3 aromatic rings. The van der Waals surface area contributed by atoms with Crippen molar-refractivity contribution in [3.05, 3.63) is 71.5 Å². The van der Waals surface area contributed by atoms with Crippen molar-refractivity contribution in [2.24, 2.45) is 0 Å². The Kier molecular flexibility index (Phi) is 5.69. The second kappa shape index (κ2) is 8.34. The van der Waals surface area contributed by atoms with Gasteiger partial charge in [0.1, 0.15) is 12.1 Å². The van der Waals surface area contributed by atoms with E-state index in [0.717, 1.165) is 22.0 Å². The highest BCUT2D eigenvalue weighted by molar-refractivity contribution is 7.98. The molecule has 0 aliphatic heterocycles. The first-order chi connectivity index (χ1) is 12.3. The van der Waals surface area contributed by atoms with E-state index >= 15 is 0 Å². The lowest BCUT2D eigenvalue weighted by Gasteiger charge is -2.10. The number of rotatable bonds is 7. The van der Waals surface area contributed by atoms with Crippen LogP contribution in [0.4, 0.5) is 0 Å². The molecule has 128 valence electrons. The van der Waals surface area contributed by atoms with Crippen LogP contribution < -0.4 is 10.1 Å². The number of H-pyrrole nitrogens is 1. The number of ether oxygens (including phenoxy) is 1. The van der Waals surface area contributed by atoms with Gasteiger partial charge >= 0.3 is 0 Å². The molecule has 6 nitrogen and oxygen atoms in total. The molecule has 1 heterocycles. The van der Waals surface area contributed by atoms with Crippen LogP contribution in [0.1, 0.15) is 21.5 Å². The van der Waals surface area contributed by atoms with Crippen molar-refractivity contribution in [2.45, 2.75) is 17.5 Å². The fourth-order valence-electron chi connectivity index (χ4n) is 2.34. The first-order valence-corrected chi connectivity index (χ1v) is 8.72. The Hall–Kier alpha value is -2.80. The first kappa shape index (κ1) is 17.0. The van der Waals surface area contributed by atoms with Crippen LogP contribution in [0.15, 0.2) is 60.0 Å². The summed E-state index contributed by atoms with van der Waals surface area (Å²) in [5.74, 6) is 1.36. The van der Waals surface area contributed by atoms with Crippen molar-refractivity contribution in [1.29, 1.82) is 0 Å². The Labute approximate surface area is 150 Å². The standard InChI is InChI=1S/C18H18N4O2S/c1-24-16-8-3-2-6-15(16)10-19-17(23)14-7-4-5-13(9-14)11-25-18-20-12-21-22-18/h2-9,12H,10-11H2,1H3,(H,19,23)(H,20,21,22). The maximum Gasteiger partial charge on any atom is 0.251 e. The summed E-state index contributed by atoms with van der Waals surface area (Å²) in [6.07, 6.45) is 1.48. The molecule has 2 N–H and O–H groups in total. The van der Waals surface area contributed by atoms with Crippen LogP contribution in [0.25, 0.3) is 0 Å². The van der Waals surface area contributed by atoms with Gasteiger partial charge in [0.15, 0.2) is 5.16 Å². The minimum Gasteiger partial charge on any atom is -0.496 e. The number of benzene rings is 2. The van der Waals surface area contributed by atoms with Gasteiger partial charge in [-0.3, -0.25) is 9.89 Å². The second-order valence-corrected chi connectivity index (χ2v) is 6.24. The topological polar surface area (TPSA) is 79.9 Å². The minimum absolute atomic E-state index is 0.113. The quantitative estimate of drug-likeness (QED) is 0.638. The summed E-state index contributed by atoms with van der Waals surface area (Å²) in [6, 6.07) is 15.2. The van der Waals surface area contributed by atoms with Crippen LogP contribution in [0.2, 0.25) is 0 Å². The molecule has 1 amide bonds. The minimum atomic E-state index is -0.113. The molecular weight excluding hydrogens is 336 g/mol. The molecule has 2 aromatic carbocycles. The van der Waals surface area contributed by atoms with Crippen LogP contribution >= 0.6 is 11.8 Å². The fourth-order valence-corrected chi connectivity index (χ4v) is 3.07. The summed E-state index contributed by atoms with van der Waals surface area (Å²) < 4.78 is 5.30. The lowest BCUT2D eigenvalue weighted by molar-refractivity contribution is 0.0950. The van der Waals surface area contributed by atoms with Crippen molar-refractivity contribution in [1.82, 2.24) is 20.5 Å². The summed E-state index contributed by atoms with van der Waals surface area (Å²) in [5.41, 5.74) is 2.62. The molecule has 0 atom stereocenters. The van der Waals surface area contributed by atoms with Gasteiger partial charge in [0.2, 0.25) is 0 Å². The lowest BCUT2D eigenvalue weighted by Crippen LogP contribution is -2.23. The fraction of sp³-hybridized carbons (Fsp3) is 0.167. The molecule has 25 heavy (non-hydrogen) atoms. The van der Waals surface area contributed by atoms with Gasteiger partial charge < -0.3 is 10.1 Å². The zero-order valence-corrected chi connectivity index (χ0v) is 14.5. The summed E-state index contributed by atoms with van der Waals surface area (Å²) in [6.45, 7) is 0.417. The molecule has 7 heteroatoms. The highest BCUT2D eigenvalue weighted by Gasteiger charge is 2.08. The van der Waals surface area contributed by atoms with Gasteiger partial charge in [0.05, 0.1) is 7.11 Å². The summed E-state index contributed by atoms with van der Waals surface area (Å²) in [7, 11) is 1.62. The molecule has 0 aliphatic carbocycles. The van der Waals surface area contributed by atoms with E-state index in [0.29, 0.717) is 17.9 Å². The third-order valence-corrected chi connectivity index (χ3v) is 4.54. The van der Waals surface area contributed by atoms with E-state index in [1.54, 1.807) is 13.2 Å². The Morgan fingerprint density at radius 1 is 1.24 bits per heavy atom. The summed E-state index contributed by atoms with van der Waals surface area (Å²) >= 11 is 1.54. The summed E-state index contributed by atoms with van der Waals surface area (Å²) in [5, 5.41) is 10.3. The summed E-state index contributed by atoms with van der Waals surface area (Å²) in [4.78, 5) is 16.5. The zero-order chi connectivity index (χ0) is 17.5. The van der Waals surface area contributed by atoms with Crippen LogP contribution in [-0.4, -0.2) is 28.2 Å². The van der Waals surface area contributed by atoms with E-state index in [2.05, 4.69) is 20.5 Å². The van der Waals surface area contributed by atoms with Gasteiger partial charge in [-0.1, -0.05) is 42.1 Å². The SMILES string of the molecule is COc1ccccc1CNC(=O)c1cccc(CSc2ncn[nH]2)c1. The normalized spacial score (nSPS) is 10.4.